The van der Waals surface area contributed by atoms with Gasteiger partial charge in [0.25, 0.3) is 5.91 Å². The van der Waals surface area contributed by atoms with Gasteiger partial charge in [-0.25, -0.2) is 0 Å². The second-order valence-electron chi connectivity index (χ2n) is 6.61. The minimum absolute atomic E-state index is 0.0330. The van der Waals surface area contributed by atoms with E-state index >= 15 is 0 Å². The summed E-state index contributed by atoms with van der Waals surface area (Å²) in [6, 6.07) is 3.68. The number of nitrogens with zero attached hydrogens (tertiary/aromatic N) is 1. The molecule has 2 N–H and O–H groups in total. The van der Waals surface area contributed by atoms with Crippen molar-refractivity contribution in [3.05, 3.63) is 17.7 Å². The third kappa shape index (κ3) is 2.79. The van der Waals surface area contributed by atoms with Crippen LogP contribution in [-0.4, -0.2) is 51.3 Å². The normalized spacial score (nSPS) is 26.0. The molecular weight excluding hydrogens is 308 g/mol. The van der Waals surface area contributed by atoms with Gasteiger partial charge in [-0.3, -0.25) is 4.79 Å². The SMILES string of the molecule is COc1ccc(C(=O)N2CC3CCCC(N)C3C2)c(OC)c1OC. The van der Waals surface area contributed by atoms with Crippen molar-refractivity contribution in [3.8, 4) is 17.2 Å². The number of fused-ring (bicyclic) bond motifs is 1. The lowest BCUT2D eigenvalue weighted by atomic mass is 9.78. The summed E-state index contributed by atoms with van der Waals surface area (Å²) in [7, 11) is 4.64. The number of nitrogens with two attached hydrogens (primary N) is 1. The van der Waals surface area contributed by atoms with Crippen molar-refractivity contribution in [1.29, 1.82) is 0 Å². The monoisotopic (exact) mass is 334 g/mol. The van der Waals surface area contributed by atoms with Gasteiger partial charge in [0, 0.05) is 19.1 Å². The number of rotatable bonds is 4. The molecule has 1 aromatic carbocycles. The minimum atomic E-state index is -0.0330. The van der Waals surface area contributed by atoms with Crippen molar-refractivity contribution in [2.45, 2.75) is 25.3 Å². The number of carbonyl (C=O) groups is 1. The Morgan fingerprint density at radius 3 is 2.46 bits per heavy atom. The number of hydrogen-bond acceptors (Lipinski definition) is 5. The molecule has 2 aliphatic rings. The standard InChI is InChI=1S/C18H26N2O4/c1-22-15-8-7-12(16(23-2)17(15)24-3)18(21)20-9-11-5-4-6-14(19)13(11)10-20/h7-8,11,13-14H,4-6,9-10,19H2,1-3H3. The molecule has 132 valence electrons. The molecule has 24 heavy (non-hydrogen) atoms. The van der Waals surface area contributed by atoms with Crippen molar-refractivity contribution in [2.75, 3.05) is 34.4 Å². The van der Waals surface area contributed by atoms with E-state index in [-0.39, 0.29) is 11.9 Å². The van der Waals surface area contributed by atoms with Gasteiger partial charge in [-0.1, -0.05) is 6.42 Å². The maximum atomic E-state index is 13.1. The minimum Gasteiger partial charge on any atom is -0.493 e. The van der Waals surface area contributed by atoms with Gasteiger partial charge in [-0.15, -0.1) is 0 Å². The van der Waals surface area contributed by atoms with Crippen molar-refractivity contribution in [2.24, 2.45) is 17.6 Å². The highest BCUT2D eigenvalue weighted by Crippen LogP contribution is 2.42. The van der Waals surface area contributed by atoms with Crippen LogP contribution in [0.4, 0.5) is 0 Å². The first-order valence-electron chi connectivity index (χ1n) is 8.44. The third-order valence-electron chi connectivity index (χ3n) is 5.38. The number of carbonyl (C=O) groups excluding carboxylic acids is 1. The first kappa shape index (κ1) is 16.9. The van der Waals surface area contributed by atoms with Gasteiger partial charge < -0.3 is 24.8 Å². The highest BCUT2D eigenvalue weighted by Gasteiger charge is 2.41. The molecule has 0 spiro atoms. The largest absolute Gasteiger partial charge is 0.493 e. The molecule has 6 nitrogen and oxygen atoms in total. The highest BCUT2D eigenvalue weighted by atomic mass is 16.5. The van der Waals surface area contributed by atoms with Crippen LogP contribution in [0.25, 0.3) is 0 Å². The van der Waals surface area contributed by atoms with Gasteiger partial charge >= 0.3 is 0 Å². The summed E-state index contributed by atoms with van der Waals surface area (Å²) in [5, 5.41) is 0. The molecule has 3 atom stereocenters. The van der Waals surface area contributed by atoms with E-state index in [1.165, 1.54) is 14.2 Å². The van der Waals surface area contributed by atoms with Crippen molar-refractivity contribution >= 4 is 5.91 Å². The van der Waals surface area contributed by atoms with E-state index in [4.69, 9.17) is 19.9 Å². The molecule has 1 heterocycles. The first-order chi connectivity index (χ1) is 11.6. The Balaban J connectivity index is 1.88. The third-order valence-corrected chi connectivity index (χ3v) is 5.38. The average molecular weight is 334 g/mol. The predicted octanol–water partition coefficient (Wildman–Crippen LogP) is 1.91. The maximum absolute atomic E-state index is 13.1. The summed E-state index contributed by atoms with van der Waals surface area (Å²) in [6.45, 7) is 1.50. The smallest absolute Gasteiger partial charge is 0.257 e. The Morgan fingerprint density at radius 1 is 1.08 bits per heavy atom. The zero-order valence-corrected chi connectivity index (χ0v) is 14.6. The van der Waals surface area contributed by atoms with E-state index < -0.39 is 0 Å². The zero-order valence-electron chi connectivity index (χ0n) is 14.6. The molecule has 2 fully saturated rings. The van der Waals surface area contributed by atoms with Gasteiger partial charge in [0.1, 0.15) is 0 Å². The Labute approximate surface area is 142 Å². The van der Waals surface area contributed by atoms with Gasteiger partial charge in [-0.2, -0.15) is 0 Å². The summed E-state index contributed by atoms with van der Waals surface area (Å²) < 4.78 is 16.1. The molecule has 0 radical (unpaired) electrons. The van der Waals surface area contributed by atoms with E-state index in [0.717, 1.165) is 32.4 Å². The molecule has 0 aromatic heterocycles. The Hall–Kier alpha value is -1.95. The van der Waals surface area contributed by atoms with Crippen LogP contribution in [0.5, 0.6) is 17.2 Å². The summed E-state index contributed by atoms with van der Waals surface area (Å²) in [5.74, 6) is 2.30. The van der Waals surface area contributed by atoms with E-state index in [1.807, 2.05) is 4.90 Å². The number of benzene rings is 1. The molecule has 1 saturated heterocycles. The second-order valence-corrected chi connectivity index (χ2v) is 6.61. The fraction of sp³-hybridized carbons (Fsp3) is 0.611. The molecular formula is C18H26N2O4. The maximum Gasteiger partial charge on any atom is 0.257 e. The van der Waals surface area contributed by atoms with Crippen molar-refractivity contribution < 1.29 is 19.0 Å². The van der Waals surface area contributed by atoms with E-state index in [1.54, 1.807) is 19.2 Å². The first-order valence-corrected chi connectivity index (χ1v) is 8.44. The van der Waals surface area contributed by atoms with Crippen LogP contribution in [0.2, 0.25) is 0 Å². The molecule has 1 aromatic rings. The van der Waals surface area contributed by atoms with Crippen molar-refractivity contribution in [1.82, 2.24) is 4.90 Å². The molecule has 1 aliphatic carbocycles. The van der Waals surface area contributed by atoms with Gasteiger partial charge in [-0.05, 0) is 36.8 Å². The number of hydrogen-bond donors (Lipinski definition) is 1. The fourth-order valence-corrected chi connectivity index (χ4v) is 4.12. The number of methoxy groups -OCH3 is 3. The van der Waals surface area contributed by atoms with Crippen molar-refractivity contribution in [3.63, 3.8) is 0 Å². The van der Waals surface area contributed by atoms with E-state index in [2.05, 4.69) is 0 Å². The van der Waals surface area contributed by atoms with Crippen LogP contribution >= 0.6 is 0 Å². The van der Waals surface area contributed by atoms with Crippen LogP contribution in [0.3, 0.4) is 0 Å². The van der Waals surface area contributed by atoms with Gasteiger partial charge in [0.2, 0.25) is 5.75 Å². The molecule has 6 heteroatoms. The molecule has 1 aliphatic heterocycles. The quantitative estimate of drug-likeness (QED) is 0.910. The lowest BCUT2D eigenvalue weighted by molar-refractivity contribution is 0.0779. The van der Waals surface area contributed by atoms with Crippen LogP contribution in [0.15, 0.2) is 12.1 Å². The van der Waals surface area contributed by atoms with Gasteiger partial charge in [0.15, 0.2) is 11.5 Å². The molecule has 0 bridgehead atoms. The van der Waals surface area contributed by atoms with Crippen LogP contribution in [0, 0.1) is 11.8 Å². The van der Waals surface area contributed by atoms with E-state index in [9.17, 15) is 4.79 Å². The molecule has 3 rings (SSSR count). The summed E-state index contributed by atoms with van der Waals surface area (Å²) >= 11 is 0. The van der Waals surface area contributed by atoms with Crippen LogP contribution in [-0.2, 0) is 0 Å². The number of ether oxygens (including phenoxy) is 3. The zero-order chi connectivity index (χ0) is 17.3. The predicted molar refractivity (Wildman–Crippen MR) is 90.8 cm³/mol. The molecule has 1 saturated carbocycles. The highest BCUT2D eigenvalue weighted by molar-refractivity contribution is 5.98. The lowest BCUT2D eigenvalue weighted by Gasteiger charge is -2.29. The van der Waals surface area contributed by atoms with Gasteiger partial charge in [0.05, 0.1) is 26.9 Å². The summed E-state index contributed by atoms with van der Waals surface area (Å²) in [4.78, 5) is 15.0. The fourth-order valence-electron chi connectivity index (χ4n) is 4.12. The van der Waals surface area contributed by atoms with Crippen LogP contribution in [0.1, 0.15) is 29.6 Å². The Kier molecular flexibility index (Phi) is 4.85. The molecule has 1 amide bonds. The number of likely N-dealkylation sites (tertiary alicyclic amines) is 1. The number of amides is 1. The Bertz CT molecular complexity index is 619. The summed E-state index contributed by atoms with van der Waals surface area (Å²) in [5.41, 5.74) is 6.76. The topological polar surface area (TPSA) is 74.0 Å². The lowest BCUT2D eigenvalue weighted by Crippen LogP contribution is -2.38. The Morgan fingerprint density at radius 2 is 1.83 bits per heavy atom. The average Bonchev–Trinajstić information content (AvgIpc) is 3.05. The summed E-state index contributed by atoms with van der Waals surface area (Å²) in [6.07, 6.45) is 3.37. The second kappa shape index (κ2) is 6.89. The molecule has 3 unspecified atom stereocenters. The van der Waals surface area contributed by atoms with E-state index in [0.29, 0.717) is 34.6 Å². The van der Waals surface area contributed by atoms with Crippen LogP contribution < -0.4 is 19.9 Å².